The Balaban J connectivity index is 1.90. The van der Waals surface area contributed by atoms with Gasteiger partial charge in [0.05, 0.1) is 12.0 Å². The van der Waals surface area contributed by atoms with Gasteiger partial charge in [0, 0.05) is 19.3 Å². The van der Waals surface area contributed by atoms with E-state index < -0.39 is 0 Å². The summed E-state index contributed by atoms with van der Waals surface area (Å²) < 4.78 is 2.22. The van der Waals surface area contributed by atoms with Gasteiger partial charge >= 0.3 is 0 Å². The second-order valence-electron chi connectivity index (χ2n) is 4.48. The lowest BCUT2D eigenvalue weighted by molar-refractivity contribution is 0.194. The van der Waals surface area contributed by atoms with Crippen LogP contribution in [-0.2, 0) is 6.54 Å². The number of nitrogens with zero attached hydrogens (tertiary/aromatic N) is 3. The minimum absolute atomic E-state index is 0.808. The number of aromatic nitrogens is 2. The van der Waals surface area contributed by atoms with Gasteiger partial charge in [-0.2, -0.15) is 0 Å². The van der Waals surface area contributed by atoms with Crippen molar-refractivity contribution in [3.8, 4) is 0 Å². The first-order valence-corrected chi connectivity index (χ1v) is 5.41. The van der Waals surface area contributed by atoms with Crippen LogP contribution in [0.2, 0.25) is 0 Å². The van der Waals surface area contributed by atoms with E-state index in [1.54, 1.807) is 0 Å². The van der Waals surface area contributed by atoms with E-state index in [0.717, 1.165) is 18.2 Å². The Bertz CT molecular complexity index is 292. The van der Waals surface area contributed by atoms with Gasteiger partial charge < -0.3 is 9.47 Å². The van der Waals surface area contributed by atoms with Crippen LogP contribution < -0.4 is 0 Å². The first kappa shape index (κ1) is 9.71. The highest BCUT2D eigenvalue weighted by Gasteiger charge is 2.17. The van der Waals surface area contributed by atoms with Crippen LogP contribution in [0, 0.1) is 12.8 Å². The summed E-state index contributed by atoms with van der Waals surface area (Å²) in [6, 6.07) is 0. The van der Waals surface area contributed by atoms with Crippen LogP contribution in [0.15, 0.2) is 12.5 Å². The summed E-state index contributed by atoms with van der Waals surface area (Å²) in [5, 5.41) is 0. The minimum atomic E-state index is 0.808. The number of rotatable bonds is 2. The van der Waals surface area contributed by atoms with Crippen LogP contribution in [-0.4, -0.2) is 34.6 Å². The molecule has 0 amide bonds. The normalized spacial score (nSPS) is 24.0. The second-order valence-corrected chi connectivity index (χ2v) is 4.48. The van der Waals surface area contributed by atoms with Crippen LogP contribution in [0.3, 0.4) is 0 Å². The second kappa shape index (κ2) is 4.13. The molecule has 2 heterocycles. The highest BCUT2D eigenvalue weighted by molar-refractivity contribution is 4.92. The predicted molar refractivity (Wildman–Crippen MR) is 57.2 cm³/mol. The van der Waals surface area contributed by atoms with Gasteiger partial charge in [0.25, 0.3) is 0 Å². The maximum Gasteiger partial charge on any atom is 0.0949 e. The summed E-state index contributed by atoms with van der Waals surface area (Å²) in [5.41, 5.74) is 1.12. The maximum atomic E-state index is 4.25. The Kier molecular flexibility index (Phi) is 2.87. The fourth-order valence-electron chi connectivity index (χ4n) is 2.29. The molecule has 78 valence electrons. The van der Waals surface area contributed by atoms with Gasteiger partial charge in [0.2, 0.25) is 0 Å². The molecule has 1 aromatic heterocycles. The molecule has 3 heteroatoms. The van der Waals surface area contributed by atoms with E-state index in [-0.39, 0.29) is 0 Å². The van der Waals surface area contributed by atoms with Crippen LogP contribution in [0.1, 0.15) is 18.5 Å². The number of hydrogen-bond donors (Lipinski definition) is 0. The van der Waals surface area contributed by atoms with Crippen molar-refractivity contribution in [2.75, 3.05) is 20.1 Å². The lowest BCUT2D eigenvalue weighted by atomic mass is 9.98. The van der Waals surface area contributed by atoms with E-state index in [1.165, 1.54) is 25.9 Å². The van der Waals surface area contributed by atoms with Crippen LogP contribution >= 0.6 is 0 Å². The van der Waals surface area contributed by atoms with Crippen molar-refractivity contribution in [2.24, 2.45) is 5.92 Å². The Morgan fingerprint density at radius 3 is 3.07 bits per heavy atom. The van der Waals surface area contributed by atoms with E-state index in [1.807, 2.05) is 13.3 Å². The molecule has 14 heavy (non-hydrogen) atoms. The van der Waals surface area contributed by atoms with Crippen LogP contribution in [0.5, 0.6) is 0 Å². The van der Waals surface area contributed by atoms with Crippen molar-refractivity contribution in [2.45, 2.75) is 26.3 Å². The maximum absolute atomic E-state index is 4.25. The van der Waals surface area contributed by atoms with E-state index in [4.69, 9.17) is 0 Å². The van der Waals surface area contributed by atoms with E-state index in [0.29, 0.717) is 0 Å². The molecule has 1 aliphatic heterocycles. The van der Waals surface area contributed by atoms with Crippen LogP contribution in [0.4, 0.5) is 0 Å². The van der Waals surface area contributed by atoms with Crippen molar-refractivity contribution >= 4 is 0 Å². The molecule has 0 saturated carbocycles. The molecule has 0 spiro atoms. The van der Waals surface area contributed by atoms with Crippen molar-refractivity contribution in [1.29, 1.82) is 0 Å². The zero-order valence-electron chi connectivity index (χ0n) is 9.11. The SMILES string of the molecule is Cc1cn(C[C@@H]2CCCN(C)C2)cn1. The van der Waals surface area contributed by atoms with E-state index in [9.17, 15) is 0 Å². The highest BCUT2D eigenvalue weighted by atomic mass is 15.1. The molecule has 0 N–H and O–H groups in total. The summed E-state index contributed by atoms with van der Waals surface area (Å²) in [5.74, 6) is 0.808. The summed E-state index contributed by atoms with van der Waals surface area (Å²) in [7, 11) is 2.21. The lowest BCUT2D eigenvalue weighted by Crippen LogP contribution is -2.33. The zero-order chi connectivity index (χ0) is 9.97. The fraction of sp³-hybridized carbons (Fsp3) is 0.727. The first-order valence-electron chi connectivity index (χ1n) is 5.41. The molecule has 1 aliphatic rings. The number of aryl methyl sites for hydroxylation is 1. The Morgan fingerprint density at radius 2 is 2.43 bits per heavy atom. The molecule has 1 atom stereocenters. The van der Waals surface area contributed by atoms with E-state index >= 15 is 0 Å². The monoisotopic (exact) mass is 193 g/mol. The van der Waals surface area contributed by atoms with Gasteiger partial charge in [0.1, 0.15) is 0 Å². The molecular weight excluding hydrogens is 174 g/mol. The quantitative estimate of drug-likeness (QED) is 0.710. The van der Waals surface area contributed by atoms with E-state index in [2.05, 4.69) is 27.7 Å². The Morgan fingerprint density at radius 1 is 1.57 bits per heavy atom. The Hall–Kier alpha value is -0.830. The van der Waals surface area contributed by atoms with Crippen molar-refractivity contribution < 1.29 is 0 Å². The third-order valence-corrected chi connectivity index (χ3v) is 2.95. The zero-order valence-corrected chi connectivity index (χ0v) is 9.11. The molecule has 1 fully saturated rings. The minimum Gasteiger partial charge on any atom is -0.337 e. The largest absolute Gasteiger partial charge is 0.337 e. The van der Waals surface area contributed by atoms with Gasteiger partial charge in [0.15, 0.2) is 0 Å². The molecule has 0 bridgehead atoms. The molecule has 1 aromatic rings. The molecule has 0 aliphatic carbocycles. The molecule has 0 unspecified atom stereocenters. The van der Waals surface area contributed by atoms with Crippen molar-refractivity contribution in [3.63, 3.8) is 0 Å². The van der Waals surface area contributed by atoms with Crippen molar-refractivity contribution in [3.05, 3.63) is 18.2 Å². The van der Waals surface area contributed by atoms with Gasteiger partial charge in [-0.1, -0.05) is 0 Å². The average Bonchev–Trinajstić information content (AvgIpc) is 2.51. The molecule has 0 radical (unpaired) electrons. The predicted octanol–water partition coefficient (Wildman–Crippen LogP) is 1.53. The smallest absolute Gasteiger partial charge is 0.0949 e. The lowest BCUT2D eigenvalue weighted by Gasteiger charge is -2.29. The van der Waals surface area contributed by atoms with Gasteiger partial charge in [-0.25, -0.2) is 4.98 Å². The number of likely N-dealkylation sites (tertiary alicyclic amines) is 1. The number of hydrogen-bond acceptors (Lipinski definition) is 2. The van der Waals surface area contributed by atoms with Crippen LogP contribution in [0.25, 0.3) is 0 Å². The van der Waals surface area contributed by atoms with Crippen molar-refractivity contribution in [1.82, 2.24) is 14.5 Å². The molecule has 2 rings (SSSR count). The molecule has 0 aromatic carbocycles. The average molecular weight is 193 g/mol. The molecule has 1 saturated heterocycles. The Labute approximate surface area is 85.7 Å². The molecular formula is C11H19N3. The number of imidazole rings is 1. The summed E-state index contributed by atoms with van der Waals surface area (Å²) >= 11 is 0. The standard InChI is InChI=1S/C11H19N3/c1-10-6-14(9-12-10)8-11-4-3-5-13(2)7-11/h6,9,11H,3-5,7-8H2,1-2H3/t11-/m1/s1. The van der Waals surface area contributed by atoms with Gasteiger partial charge in [-0.15, -0.1) is 0 Å². The fourth-order valence-corrected chi connectivity index (χ4v) is 2.29. The summed E-state index contributed by atoms with van der Waals surface area (Å²) in [4.78, 5) is 6.68. The number of piperidine rings is 1. The third-order valence-electron chi connectivity index (χ3n) is 2.95. The van der Waals surface area contributed by atoms with Gasteiger partial charge in [-0.05, 0) is 39.3 Å². The first-order chi connectivity index (χ1) is 6.74. The highest BCUT2D eigenvalue weighted by Crippen LogP contribution is 2.16. The topological polar surface area (TPSA) is 21.1 Å². The summed E-state index contributed by atoms with van der Waals surface area (Å²) in [6.07, 6.45) is 6.79. The van der Waals surface area contributed by atoms with Gasteiger partial charge in [-0.3, -0.25) is 0 Å². The third kappa shape index (κ3) is 2.35. The molecule has 3 nitrogen and oxygen atoms in total. The summed E-state index contributed by atoms with van der Waals surface area (Å²) in [6.45, 7) is 5.67.